The molecule has 0 bridgehead atoms. The Morgan fingerprint density at radius 3 is 2.66 bits per heavy atom. The smallest absolute Gasteiger partial charge is 0.336 e. The van der Waals surface area contributed by atoms with Crippen molar-refractivity contribution in [3.05, 3.63) is 57.4 Å². The maximum atomic E-state index is 13.2. The number of carbonyl (C=O) groups excluding carboxylic acids is 2. The van der Waals surface area contributed by atoms with Crippen LogP contribution in [-0.2, 0) is 14.3 Å². The van der Waals surface area contributed by atoms with Crippen LogP contribution in [0.2, 0.25) is 5.02 Å². The molecule has 0 aromatic heterocycles. The molecule has 0 radical (unpaired) electrons. The average molecular weight is 416 g/mol. The van der Waals surface area contributed by atoms with E-state index in [-0.39, 0.29) is 17.2 Å². The molecule has 3 rings (SSSR count). The minimum atomic E-state index is -0.498. The molecule has 1 atom stereocenters. The predicted molar refractivity (Wildman–Crippen MR) is 116 cm³/mol. The van der Waals surface area contributed by atoms with Crippen molar-refractivity contribution in [3.63, 3.8) is 0 Å². The van der Waals surface area contributed by atoms with E-state index in [4.69, 9.17) is 16.3 Å². The third kappa shape index (κ3) is 4.58. The van der Waals surface area contributed by atoms with Crippen molar-refractivity contribution < 1.29 is 14.3 Å². The van der Waals surface area contributed by atoms with E-state index in [1.54, 1.807) is 6.07 Å². The summed E-state index contributed by atoms with van der Waals surface area (Å²) in [6, 6.07) is 7.44. The fourth-order valence-corrected chi connectivity index (χ4v) is 4.57. The van der Waals surface area contributed by atoms with Crippen molar-refractivity contribution in [1.29, 1.82) is 0 Å². The van der Waals surface area contributed by atoms with Gasteiger partial charge < -0.3 is 10.1 Å². The van der Waals surface area contributed by atoms with Crippen LogP contribution in [0.5, 0.6) is 0 Å². The van der Waals surface area contributed by atoms with E-state index >= 15 is 0 Å². The van der Waals surface area contributed by atoms with Crippen molar-refractivity contribution in [1.82, 2.24) is 5.32 Å². The second-order valence-corrected chi connectivity index (χ2v) is 9.20. The summed E-state index contributed by atoms with van der Waals surface area (Å²) in [5.41, 5.74) is 3.43. The molecule has 0 unspecified atom stereocenters. The van der Waals surface area contributed by atoms with Crippen molar-refractivity contribution in [2.75, 3.05) is 6.61 Å². The minimum Gasteiger partial charge on any atom is -0.462 e. The molecule has 1 aromatic rings. The third-order valence-electron chi connectivity index (χ3n) is 5.66. The van der Waals surface area contributed by atoms with Gasteiger partial charge in [0.1, 0.15) is 0 Å². The highest BCUT2D eigenvalue weighted by Gasteiger charge is 2.43. The standard InChI is InChI=1S/C24H30ClNO3/c1-5-6-9-12-29-23(28)20-15(2)26-18-13-24(3,4)14-19(27)22(18)21(20)16-10-7-8-11-17(16)25/h7-8,10-11,21,26H,5-6,9,12-14H2,1-4H3/t21-/m0/s1. The number of ether oxygens (including phenoxy) is 1. The number of carbonyl (C=O) groups is 2. The summed E-state index contributed by atoms with van der Waals surface area (Å²) in [4.78, 5) is 26.3. The van der Waals surface area contributed by atoms with Crippen LogP contribution >= 0.6 is 11.6 Å². The van der Waals surface area contributed by atoms with E-state index in [1.165, 1.54) is 0 Å². The van der Waals surface area contributed by atoms with Gasteiger partial charge >= 0.3 is 5.97 Å². The molecule has 29 heavy (non-hydrogen) atoms. The highest BCUT2D eigenvalue weighted by Crippen LogP contribution is 2.47. The molecule has 5 heteroatoms. The normalized spacial score (nSPS) is 21.0. The Morgan fingerprint density at radius 1 is 1.24 bits per heavy atom. The first kappa shape index (κ1) is 21.6. The molecule has 1 aromatic carbocycles. The summed E-state index contributed by atoms with van der Waals surface area (Å²) >= 11 is 6.53. The Kier molecular flexibility index (Phi) is 6.52. The quantitative estimate of drug-likeness (QED) is 0.479. The lowest BCUT2D eigenvalue weighted by atomic mass is 9.68. The van der Waals surface area contributed by atoms with Gasteiger partial charge in [0, 0.05) is 34.3 Å². The van der Waals surface area contributed by atoms with Crippen LogP contribution in [0.4, 0.5) is 0 Å². The summed E-state index contributed by atoms with van der Waals surface area (Å²) in [5.74, 6) is -0.806. The second-order valence-electron chi connectivity index (χ2n) is 8.79. The first-order chi connectivity index (χ1) is 13.7. The van der Waals surface area contributed by atoms with Crippen molar-refractivity contribution in [2.24, 2.45) is 5.41 Å². The van der Waals surface area contributed by atoms with E-state index in [2.05, 4.69) is 26.1 Å². The number of nitrogens with one attached hydrogen (secondary N) is 1. The molecule has 0 saturated carbocycles. The SMILES string of the molecule is CCCCCOC(=O)C1=C(C)NC2=C(C(=O)CC(C)(C)C2)[C@H]1c1ccccc1Cl. The highest BCUT2D eigenvalue weighted by molar-refractivity contribution is 6.31. The molecule has 1 heterocycles. The molecule has 1 aliphatic heterocycles. The van der Waals surface area contributed by atoms with E-state index < -0.39 is 5.92 Å². The lowest BCUT2D eigenvalue weighted by Gasteiger charge is -2.39. The van der Waals surface area contributed by atoms with Crippen molar-refractivity contribution >= 4 is 23.4 Å². The molecular weight excluding hydrogens is 386 g/mol. The van der Waals surface area contributed by atoms with Gasteiger partial charge in [0.05, 0.1) is 12.2 Å². The maximum absolute atomic E-state index is 13.2. The molecule has 0 amide bonds. The fraction of sp³-hybridized carbons (Fsp3) is 0.500. The molecule has 0 fully saturated rings. The molecule has 2 aliphatic rings. The molecular formula is C24H30ClNO3. The molecule has 156 valence electrons. The number of dihydropyridines is 1. The minimum absolute atomic E-state index is 0.0671. The van der Waals surface area contributed by atoms with E-state index in [1.807, 2.05) is 25.1 Å². The fourth-order valence-electron chi connectivity index (χ4n) is 4.32. The zero-order valence-electron chi connectivity index (χ0n) is 17.7. The van der Waals surface area contributed by atoms with Crippen LogP contribution in [0.3, 0.4) is 0 Å². The highest BCUT2D eigenvalue weighted by atomic mass is 35.5. The van der Waals surface area contributed by atoms with E-state index in [0.717, 1.165) is 42.6 Å². The van der Waals surface area contributed by atoms with Crippen LogP contribution in [-0.4, -0.2) is 18.4 Å². The molecule has 1 N–H and O–H groups in total. The zero-order chi connectivity index (χ0) is 21.2. The lowest BCUT2D eigenvalue weighted by molar-refractivity contribution is -0.139. The number of benzene rings is 1. The largest absolute Gasteiger partial charge is 0.462 e. The summed E-state index contributed by atoms with van der Waals surface area (Å²) in [5, 5.41) is 3.90. The van der Waals surface area contributed by atoms with Crippen LogP contribution < -0.4 is 5.32 Å². The topological polar surface area (TPSA) is 55.4 Å². The van der Waals surface area contributed by atoms with Crippen LogP contribution in [0.1, 0.15) is 71.3 Å². The van der Waals surface area contributed by atoms with Gasteiger partial charge in [0.25, 0.3) is 0 Å². The van der Waals surface area contributed by atoms with Gasteiger partial charge in [0.15, 0.2) is 5.78 Å². The van der Waals surface area contributed by atoms with Gasteiger partial charge in [-0.15, -0.1) is 0 Å². The number of esters is 1. The van der Waals surface area contributed by atoms with Gasteiger partial charge in [-0.2, -0.15) is 0 Å². The predicted octanol–water partition coefficient (Wildman–Crippen LogP) is 5.68. The number of halogens is 1. The molecule has 4 nitrogen and oxygen atoms in total. The first-order valence-corrected chi connectivity index (χ1v) is 10.8. The Morgan fingerprint density at radius 2 is 1.97 bits per heavy atom. The van der Waals surface area contributed by atoms with E-state index in [9.17, 15) is 9.59 Å². The lowest BCUT2D eigenvalue weighted by Crippen LogP contribution is -2.38. The van der Waals surface area contributed by atoms with Crippen molar-refractivity contribution in [2.45, 2.75) is 65.7 Å². The Hall–Kier alpha value is -2.07. The Balaban J connectivity index is 2.05. The zero-order valence-corrected chi connectivity index (χ0v) is 18.5. The van der Waals surface area contributed by atoms with Gasteiger partial charge in [0.2, 0.25) is 0 Å². The van der Waals surface area contributed by atoms with Gasteiger partial charge in [-0.05, 0) is 36.8 Å². The van der Waals surface area contributed by atoms with E-state index in [0.29, 0.717) is 29.2 Å². The maximum Gasteiger partial charge on any atom is 0.336 e. The monoisotopic (exact) mass is 415 g/mol. The number of hydrogen-bond donors (Lipinski definition) is 1. The molecule has 0 saturated heterocycles. The number of Topliss-reactive ketones (excluding diaryl/α,β-unsaturated/α-hetero) is 1. The van der Waals surface area contributed by atoms with Crippen LogP contribution in [0.15, 0.2) is 46.8 Å². The Labute approximate surface area is 178 Å². The first-order valence-electron chi connectivity index (χ1n) is 10.4. The van der Waals surface area contributed by atoms with Crippen molar-refractivity contribution in [3.8, 4) is 0 Å². The third-order valence-corrected chi connectivity index (χ3v) is 6.00. The Bertz CT molecular complexity index is 882. The summed E-state index contributed by atoms with van der Waals surface area (Å²) in [6.45, 7) is 8.56. The van der Waals surface area contributed by atoms with Crippen LogP contribution in [0, 0.1) is 5.41 Å². The second kappa shape index (κ2) is 8.74. The van der Waals surface area contributed by atoms with Crippen LogP contribution in [0.25, 0.3) is 0 Å². The van der Waals surface area contributed by atoms with Gasteiger partial charge in [-0.1, -0.05) is 63.4 Å². The number of unbranched alkanes of at least 4 members (excludes halogenated alkanes) is 2. The van der Waals surface area contributed by atoms with Gasteiger partial charge in [-0.3, -0.25) is 4.79 Å². The number of allylic oxidation sites excluding steroid dienone is 3. The number of rotatable bonds is 6. The summed E-state index contributed by atoms with van der Waals surface area (Å²) in [6.07, 6.45) is 4.11. The molecule has 0 spiro atoms. The number of ketones is 1. The summed E-state index contributed by atoms with van der Waals surface area (Å²) < 4.78 is 5.59. The number of hydrogen-bond acceptors (Lipinski definition) is 4. The summed E-state index contributed by atoms with van der Waals surface area (Å²) in [7, 11) is 0. The average Bonchev–Trinajstić information content (AvgIpc) is 2.63. The van der Waals surface area contributed by atoms with Gasteiger partial charge in [-0.25, -0.2) is 4.79 Å². The molecule has 1 aliphatic carbocycles.